The molecule has 8 nitrogen and oxygen atoms in total. The van der Waals surface area contributed by atoms with Crippen LogP contribution in [0.25, 0.3) is 22.4 Å². The van der Waals surface area contributed by atoms with Gasteiger partial charge in [0.25, 0.3) is 11.8 Å². The lowest BCUT2D eigenvalue weighted by atomic mass is 10.1. The van der Waals surface area contributed by atoms with Crippen molar-refractivity contribution >= 4 is 28.5 Å². The lowest BCUT2D eigenvalue weighted by Gasteiger charge is -2.08. The Labute approximate surface area is 189 Å². The van der Waals surface area contributed by atoms with Crippen molar-refractivity contribution in [2.45, 2.75) is 6.92 Å². The van der Waals surface area contributed by atoms with Gasteiger partial charge in [0.2, 0.25) is 0 Å². The number of nitrogens with two attached hydrogens (primary N) is 1. The van der Waals surface area contributed by atoms with E-state index >= 15 is 0 Å². The highest BCUT2D eigenvalue weighted by molar-refractivity contribution is 6.06. The molecule has 5 rings (SSSR count). The second-order valence-electron chi connectivity index (χ2n) is 7.54. The third kappa shape index (κ3) is 3.85. The van der Waals surface area contributed by atoms with E-state index in [0.29, 0.717) is 11.3 Å². The highest BCUT2D eigenvalue weighted by Crippen LogP contribution is 2.23. The van der Waals surface area contributed by atoms with E-state index in [2.05, 4.69) is 20.0 Å². The number of primary amides is 1. The lowest BCUT2D eigenvalue weighted by Crippen LogP contribution is -2.12. The van der Waals surface area contributed by atoms with Crippen LogP contribution in [0.1, 0.15) is 26.7 Å². The zero-order valence-corrected chi connectivity index (χ0v) is 17.8. The van der Waals surface area contributed by atoms with E-state index in [0.717, 1.165) is 28.2 Å². The number of para-hydroxylation sites is 1. The molecule has 0 aliphatic carbocycles. The first-order valence-electron chi connectivity index (χ1n) is 10.3. The van der Waals surface area contributed by atoms with Crippen LogP contribution in [0.2, 0.25) is 0 Å². The fourth-order valence-electron chi connectivity index (χ4n) is 3.74. The summed E-state index contributed by atoms with van der Waals surface area (Å²) in [5.41, 5.74) is 10.0. The molecule has 33 heavy (non-hydrogen) atoms. The molecule has 5 aromatic rings. The minimum Gasteiger partial charge on any atom is -0.364 e. The molecule has 2 heterocycles. The zero-order valence-electron chi connectivity index (χ0n) is 17.8. The molecule has 0 saturated heterocycles. The Morgan fingerprint density at radius 1 is 0.909 bits per heavy atom. The third-order valence-electron chi connectivity index (χ3n) is 5.33. The Balaban J connectivity index is 1.36. The summed E-state index contributed by atoms with van der Waals surface area (Å²) >= 11 is 0. The minimum absolute atomic E-state index is 0.188. The molecule has 3 N–H and O–H groups in total. The molecule has 0 fully saturated rings. The summed E-state index contributed by atoms with van der Waals surface area (Å²) in [5, 5.41) is 7.02. The first-order valence-corrected chi connectivity index (χ1v) is 10.3. The predicted molar refractivity (Wildman–Crippen MR) is 126 cm³/mol. The van der Waals surface area contributed by atoms with Crippen LogP contribution in [-0.4, -0.2) is 31.1 Å². The van der Waals surface area contributed by atoms with Gasteiger partial charge < -0.3 is 11.1 Å². The molecular weight excluding hydrogens is 416 g/mol. The SMILES string of the molecule is Cc1nc2cc(C(=O)Nc3ccc(-n4ccc(C(N)=O)n4)cc3)ccc2n1-c1ccccc1. The number of hydrogen-bond acceptors (Lipinski definition) is 4. The maximum absolute atomic E-state index is 12.8. The topological polar surface area (TPSA) is 108 Å². The van der Waals surface area contributed by atoms with E-state index < -0.39 is 5.91 Å². The van der Waals surface area contributed by atoms with Gasteiger partial charge in [0.15, 0.2) is 0 Å². The van der Waals surface area contributed by atoms with E-state index in [1.54, 1.807) is 53.3 Å². The number of aryl methyl sites for hydroxylation is 1. The van der Waals surface area contributed by atoms with Crippen molar-refractivity contribution < 1.29 is 9.59 Å². The van der Waals surface area contributed by atoms with Gasteiger partial charge in [-0.25, -0.2) is 9.67 Å². The first-order chi connectivity index (χ1) is 16.0. The van der Waals surface area contributed by atoms with E-state index in [9.17, 15) is 9.59 Å². The van der Waals surface area contributed by atoms with Gasteiger partial charge in [0.05, 0.1) is 16.7 Å². The molecule has 0 radical (unpaired) electrons. The highest BCUT2D eigenvalue weighted by Gasteiger charge is 2.13. The van der Waals surface area contributed by atoms with Crippen molar-refractivity contribution in [2.75, 3.05) is 5.32 Å². The number of anilines is 1. The van der Waals surface area contributed by atoms with Crippen LogP contribution in [0.3, 0.4) is 0 Å². The van der Waals surface area contributed by atoms with Gasteiger partial charge in [0, 0.05) is 23.1 Å². The van der Waals surface area contributed by atoms with Crippen LogP contribution >= 0.6 is 0 Å². The molecule has 0 aliphatic rings. The molecule has 0 bridgehead atoms. The fraction of sp³-hybridized carbons (Fsp3) is 0.0400. The summed E-state index contributed by atoms with van der Waals surface area (Å²) in [5.74, 6) is 0.0347. The van der Waals surface area contributed by atoms with Crippen molar-refractivity contribution in [3.8, 4) is 11.4 Å². The maximum Gasteiger partial charge on any atom is 0.269 e. The molecule has 0 saturated carbocycles. The average Bonchev–Trinajstić information content (AvgIpc) is 3.44. The smallest absolute Gasteiger partial charge is 0.269 e. The van der Waals surface area contributed by atoms with Gasteiger partial charge >= 0.3 is 0 Å². The number of nitrogens with one attached hydrogen (secondary N) is 1. The van der Waals surface area contributed by atoms with Crippen LogP contribution in [0, 0.1) is 6.92 Å². The molecule has 0 unspecified atom stereocenters. The number of aromatic nitrogens is 4. The molecule has 0 spiro atoms. The Hall–Kier alpha value is -4.72. The molecule has 0 aliphatic heterocycles. The summed E-state index contributed by atoms with van der Waals surface area (Å²) in [7, 11) is 0. The normalized spacial score (nSPS) is 10.9. The standard InChI is InChI=1S/C25H20N6O2/c1-16-27-22-15-17(7-12-23(22)31(16)20-5-3-2-4-6-20)25(33)28-18-8-10-19(11-9-18)30-14-13-21(29-30)24(26)32/h2-15H,1H3,(H2,26,32)(H,28,33). The fourth-order valence-corrected chi connectivity index (χ4v) is 3.74. The number of imidazole rings is 1. The quantitative estimate of drug-likeness (QED) is 0.436. The molecular formula is C25H20N6O2. The third-order valence-corrected chi connectivity index (χ3v) is 5.33. The van der Waals surface area contributed by atoms with Crippen LogP contribution in [0.4, 0.5) is 5.69 Å². The van der Waals surface area contributed by atoms with Gasteiger partial charge in [0.1, 0.15) is 11.5 Å². The van der Waals surface area contributed by atoms with Gasteiger partial charge in [-0.15, -0.1) is 0 Å². The van der Waals surface area contributed by atoms with Crippen molar-refractivity contribution in [1.82, 2.24) is 19.3 Å². The molecule has 2 amide bonds. The first kappa shape index (κ1) is 20.2. The Morgan fingerprint density at radius 2 is 1.67 bits per heavy atom. The molecule has 0 atom stereocenters. The average molecular weight is 436 g/mol. The number of nitrogens with zero attached hydrogens (tertiary/aromatic N) is 4. The summed E-state index contributed by atoms with van der Waals surface area (Å²) in [6.45, 7) is 1.94. The number of fused-ring (bicyclic) bond motifs is 1. The number of hydrogen-bond donors (Lipinski definition) is 2. The van der Waals surface area contributed by atoms with Crippen LogP contribution in [0.15, 0.2) is 85.1 Å². The Morgan fingerprint density at radius 3 is 2.36 bits per heavy atom. The molecule has 2 aromatic heterocycles. The number of carbonyl (C=O) groups excluding carboxylic acids is 2. The van der Waals surface area contributed by atoms with Crippen LogP contribution < -0.4 is 11.1 Å². The lowest BCUT2D eigenvalue weighted by molar-refractivity contribution is 0.0993. The summed E-state index contributed by atoms with van der Waals surface area (Å²) in [6.07, 6.45) is 1.65. The van der Waals surface area contributed by atoms with Crippen LogP contribution in [-0.2, 0) is 0 Å². The van der Waals surface area contributed by atoms with Crippen molar-refractivity contribution in [3.05, 3.63) is 102 Å². The van der Waals surface area contributed by atoms with Gasteiger partial charge in [-0.1, -0.05) is 18.2 Å². The molecule has 3 aromatic carbocycles. The zero-order chi connectivity index (χ0) is 22.9. The molecule has 8 heteroatoms. The Bertz CT molecular complexity index is 1480. The minimum atomic E-state index is -0.585. The second kappa shape index (κ2) is 8.08. The Kier molecular flexibility index (Phi) is 4.95. The van der Waals surface area contributed by atoms with E-state index in [1.165, 1.54) is 0 Å². The predicted octanol–water partition coefficient (Wildman–Crippen LogP) is 3.87. The van der Waals surface area contributed by atoms with E-state index in [1.807, 2.05) is 43.3 Å². The molecule has 162 valence electrons. The highest BCUT2D eigenvalue weighted by atomic mass is 16.2. The second-order valence-corrected chi connectivity index (χ2v) is 7.54. The van der Waals surface area contributed by atoms with Gasteiger partial charge in [-0.05, 0) is 67.6 Å². The summed E-state index contributed by atoms with van der Waals surface area (Å²) < 4.78 is 3.61. The number of carbonyl (C=O) groups is 2. The van der Waals surface area contributed by atoms with E-state index in [4.69, 9.17) is 5.73 Å². The maximum atomic E-state index is 12.8. The van der Waals surface area contributed by atoms with Crippen molar-refractivity contribution in [3.63, 3.8) is 0 Å². The van der Waals surface area contributed by atoms with Gasteiger partial charge in [-0.3, -0.25) is 14.2 Å². The number of benzene rings is 3. The summed E-state index contributed by atoms with van der Waals surface area (Å²) in [4.78, 5) is 28.7. The van der Waals surface area contributed by atoms with Crippen molar-refractivity contribution in [2.24, 2.45) is 5.73 Å². The largest absolute Gasteiger partial charge is 0.364 e. The van der Waals surface area contributed by atoms with Crippen LogP contribution in [0.5, 0.6) is 0 Å². The monoisotopic (exact) mass is 436 g/mol. The van der Waals surface area contributed by atoms with E-state index in [-0.39, 0.29) is 11.6 Å². The summed E-state index contributed by atoms with van der Waals surface area (Å²) in [6, 6.07) is 24.2. The van der Waals surface area contributed by atoms with Crippen molar-refractivity contribution in [1.29, 1.82) is 0 Å². The number of rotatable bonds is 5. The number of amides is 2. The van der Waals surface area contributed by atoms with Gasteiger partial charge in [-0.2, -0.15) is 5.10 Å².